The largest absolute Gasteiger partial charge is 0.536 e. The van der Waals surface area contributed by atoms with Crippen LogP contribution in [0.25, 0.3) is 24.3 Å². The van der Waals surface area contributed by atoms with Gasteiger partial charge in [-0.2, -0.15) is 0 Å². The minimum atomic E-state index is -2.80. The Labute approximate surface area is 216 Å². The Balaban J connectivity index is 1.64. The number of hydrogen-bond acceptors (Lipinski definition) is 6. The van der Waals surface area contributed by atoms with Crippen LogP contribution in [0.1, 0.15) is 22.3 Å². The van der Waals surface area contributed by atoms with Crippen LogP contribution in [0.5, 0.6) is 0 Å². The molecule has 0 aromatic heterocycles. The second-order valence-electron chi connectivity index (χ2n) is 7.91. The Morgan fingerprint density at radius 2 is 0.556 bits per heavy atom. The molecule has 0 bridgehead atoms. The third-order valence-corrected chi connectivity index (χ3v) is 11.3. The van der Waals surface area contributed by atoms with Crippen LogP contribution in [0.4, 0.5) is 0 Å². The smallest absolute Gasteiger partial charge is 0.373 e. The molecule has 0 N–H and O–H groups in total. The first-order chi connectivity index (χ1) is 17.5. The van der Waals surface area contributed by atoms with Crippen LogP contribution < -0.4 is 10.4 Å². The lowest BCUT2D eigenvalue weighted by Gasteiger charge is -2.24. The Morgan fingerprint density at radius 3 is 0.750 bits per heavy atom. The Hall–Kier alpha value is -2.67. The van der Waals surface area contributed by atoms with Gasteiger partial charge in [0, 0.05) is 53.0 Å². The van der Waals surface area contributed by atoms with Gasteiger partial charge in [0.1, 0.15) is 0 Å². The van der Waals surface area contributed by atoms with Gasteiger partial charge in [-0.1, -0.05) is 97.1 Å². The predicted octanol–water partition coefficient (Wildman–Crippen LogP) is 4.20. The zero-order valence-electron chi connectivity index (χ0n) is 21.7. The van der Waals surface area contributed by atoms with E-state index in [1.165, 1.54) is 0 Å². The van der Waals surface area contributed by atoms with Crippen molar-refractivity contribution in [3.8, 4) is 0 Å². The zero-order valence-corrected chi connectivity index (χ0v) is 23.7. The van der Waals surface area contributed by atoms with E-state index in [4.69, 9.17) is 26.6 Å². The van der Waals surface area contributed by atoms with Crippen molar-refractivity contribution in [1.82, 2.24) is 0 Å². The van der Waals surface area contributed by atoms with Crippen LogP contribution in [0.2, 0.25) is 0 Å². The highest BCUT2D eigenvalue weighted by Crippen LogP contribution is 2.14. The molecule has 0 spiro atoms. The Kier molecular flexibility index (Phi) is 10.1. The van der Waals surface area contributed by atoms with E-state index in [1.807, 2.05) is 48.5 Å². The van der Waals surface area contributed by atoms with E-state index in [2.05, 4.69) is 48.6 Å². The molecule has 0 fully saturated rings. The third kappa shape index (κ3) is 6.36. The second kappa shape index (κ2) is 13.0. The van der Waals surface area contributed by atoms with E-state index < -0.39 is 17.6 Å². The first-order valence-electron chi connectivity index (χ1n) is 11.5. The fourth-order valence-electron chi connectivity index (χ4n) is 3.91. The van der Waals surface area contributed by atoms with E-state index >= 15 is 0 Å². The lowest BCUT2D eigenvalue weighted by Crippen LogP contribution is -2.54. The van der Waals surface area contributed by atoms with Gasteiger partial charge in [-0.3, -0.25) is 0 Å². The van der Waals surface area contributed by atoms with E-state index in [9.17, 15) is 0 Å². The summed E-state index contributed by atoms with van der Waals surface area (Å²) in [6.07, 6.45) is 8.34. The van der Waals surface area contributed by atoms with Crippen LogP contribution in [0.15, 0.2) is 72.8 Å². The molecular weight excluding hydrogens is 488 g/mol. The fraction of sp³-hybridized carbons (Fsp3) is 0.214. The monoisotopic (exact) mass is 522 g/mol. The van der Waals surface area contributed by atoms with E-state index in [0.717, 1.165) is 32.6 Å². The van der Waals surface area contributed by atoms with Gasteiger partial charge < -0.3 is 26.6 Å². The number of hydrogen-bond donors (Lipinski definition) is 0. The normalized spacial score (nSPS) is 12.6. The van der Waals surface area contributed by atoms with Gasteiger partial charge in [0.25, 0.3) is 0 Å². The lowest BCUT2D eigenvalue weighted by molar-refractivity contribution is 0.140. The average molecular weight is 523 g/mol. The Morgan fingerprint density at radius 1 is 0.361 bits per heavy atom. The van der Waals surface area contributed by atoms with Crippen molar-refractivity contribution < 1.29 is 26.6 Å². The van der Waals surface area contributed by atoms with Crippen molar-refractivity contribution >= 4 is 52.3 Å². The Bertz CT molecular complexity index is 1030. The van der Waals surface area contributed by atoms with E-state index in [0.29, 0.717) is 0 Å². The van der Waals surface area contributed by atoms with Crippen molar-refractivity contribution in [2.75, 3.05) is 42.7 Å². The molecule has 8 heteroatoms. The fourth-order valence-corrected chi connectivity index (χ4v) is 7.47. The van der Waals surface area contributed by atoms with Crippen LogP contribution in [-0.2, 0) is 26.6 Å². The summed E-state index contributed by atoms with van der Waals surface area (Å²) in [7, 11) is 4.06. The highest BCUT2D eigenvalue weighted by molar-refractivity contribution is 6.75. The van der Waals surface area contributed by atoms with Crippen molar-refractivity contribution in [2.45, 2.75) is 0 Å². The molecule has 3 aromatic rings. The van der Waals surface area contributed by atoms with Crippen molar-refractivity contribution in [1.29, 1.82) is 0 Å². The molecule has 36 heavy (non-hydrogen) atoms. The molecule has 0 amide bonds. The van der Waals surface area contributed by atoms with Gasteiger partial charge in [-0.25, -0.2) is 0 Å². The second-order valence-corrected chi connectivity index (χ2v) is 13.7. The minimum absolute atomic E-state index is 0.926. The molecule has 0 radical (unpaired) electrons. The van der Waals surface area contributed by atoms with Gasteiger partial charge >= 0.3 is 17.6 Å². The standard InChI is InChI=1S/C28H34O6Si2/c1-29-35(30-2,31-3)27-19-15-25(16-20-27)13-11-23-7-9-24(10-8-23)12-14-26-17-21-28(22-18-26)36(32-4,33-5)34-6/h7-22H,1-6H3/b13-11+,14-12+. The summed E-state index contributed by atoms with van der Waals surface area (Å²) in [5.74, 6) is 0. The molecule has 0 aliphatic rings. The molecule has 0 atom stereocenters. The maximum Gasteiger partial charge on any atom is 0.536 e. The lowest BCUT2D eigenvalue weighted by atomic mass is 10.1. The van der Waals surface area contributed by atoms with E-state index in [1.54, 1.807) is 42.7 Å². The molecule has 3 aromatic carbocycles. The summed E-state index contributed by atoms with van der Waals surface area (Å²) in [4.78, 5) is 0. The quantitative estimate of drug-likeness (QED) is 0.263. The highest BCUT2D eigenvalue weighted by atomic mass is 28.4. The summed E-state index contributed by atoms with van der Waals surface area (Å²) in [6, 6.07) is 24.5. The SMILES string of the molecule is CO[Si](OC)(OC)c1ccc(/C=C/c2ccc(/C=C/c3ccc([Si](OC)(OC)OC)cc3)cc2)cc1. The summed E-state index contributed by atoms with van der Waals surface area (Å²) >= 11 is 0. The van der Waals surface area contributed by atoms with Crippen molar-refractivity contribution in [2.24, 2.45) is 0 Å². The zero-order chi connectivity index (χ0) is 26.0. The molecule has 0 saturated carbocycles. The minimum Gasteiger partial charge on any atom is -0.373 e. The van der Waals surface area contributed by atoms with Crippen LogP contribution in [-0.4, -0.2) is 60.3 Å². The first-order valence-corrected chi connectivity index (χ1v) is 14.9. The van der Waals surface area contributed by atoms with Crippen molar-refractivity contribution in [3.63, 3.8) is 0 Å². The molecule has 3 rings (SSSR count). The molecule has 0 heterocycles. The average Bonchev–Trinajstić information content (AvgIpc) is 2.95. The third-order valence-electron chi connectivity index (χ3n) is 6.01. The van der Waals surface area contributed by atoms with Crippen molar-refractivity contribution in [3.05, 3.63) is 95.1 Å². The molecule has 0 aliphatic carbocycles. The molecule has 0 saturated heterocycles. The van der Waals surface area contributed by atoms with Gasteiger partial charge in [-0.05, 0) is 22.3 Å². The summed E-state index contributed by atoms with van der Waals surface area (Å²) in [5, 5.41) is 1.85. The summed E-state index contributed by atoms with van der Waals surface area (Å²) in [5.41, 5.74) is 4.41. The van der Waals surface area contributed by atoms with Gasteiger partial charge in [0.05, 0.1) is 0 Å². The topological polar surface area (TPSA) is 55.4 Å². The molecule has 0 aliphatic heterocycles. The maximum absolute atomic E-state index is 5.54. The first kappa shape index (κ1) is 27.9. The molecule has 0 unspecified atom stereocenters. The summed E-state index contributed by atoms with van der Waals surface area (Å²) in [6.45, 7) is 0. The van der Waals surface area contributed by atoms with Gasteiger partial charge in [0.2, 0.25) is 0 Å². The predicted molar refractivity (Wildman–Crippen MR) is 150 cm³/mol. The molecule has 190 valence electrons. The summed E-state index contributed by atoms with van der Waals surface area (Å²) < 4.78 is 33.2. The van der Waals surface area contributed by atoms with E-state index in [-0.39, 0.29) is 0 Å². The molecular formula is C28H34O6Si2. The van der Waals surface area contributed by atoms with Gasteiger partial charge in [-0.15, -0.1) is 0 Å². The van der Waals surface area contributed by atoms with Crippen LogP contribution >= 0.6 is 0 Å². The van der Waals surface area contributed by atoms with Crippen LogP contribution in [0.3, 0.4) is 0 Å². The maximum atomic E-state index is 5.54. The molecule has 6 nitrogen and oxygen atoms in total. The number of benzene rings is 3. The van der Waals surface area contributed by atoms with Crippen LogP contribution in [0, 0.1) is 0 Å². The highest BCUT2D eigenvalue weighted by Gasteiger charge is 2.41. The number of rotatable bonds is 12. The van der Waals surface area contributed by atoms with Gasteiger partial charge in [0.15, 0.2) is 0 Å².